The third-order valence-corrected chi connectivity index (χ3v) is 2.83. The van der Waals surface area contributed by atoms with E-state index in [1.54, 1.807) is 6.07 Å². The lowest BCUT2D eigenvalue weighted by Gasteiger charge is -2.04. The first-order valence-electron chi connectivity index (χ1n) is 4.59. The summed E-state index contributed by atoms with van der Waals surface area (Å²) in [4.78, 5) is 15.7. The van der Waals surface area contributed by atoms with Gasteiger partial charge in [-0.1, -0.05) is 0 Å². The second kappa shape index (κ2) is 4.50. The molecule has 1 amide bonds. The van der Waals surface area contributed by atoms with Gasteiger partial charge in [-0.05, 0) is 44.8 Å². The summed E-state index contributed by atoms with van der Waals surface area (Å²) in [5, 5.41) is 9.31. The fraction of sp³-hybridized carbons (Fsp3) is 0.111. The summed E-state index contributed by atoms with van der Waals surface area (Å²) in [7, 11) is 0. The normalized spacial score (nSPS) is 10.2. The zero-order valence-corrected chi connectivity index (χ0v) is 10.4. The van der Waals surface area contributed by atoms with E-state index in [9.17, 15) is 4.79 Å². The van der Waals surface area contributed by atoms with Gasteiger partial charge in [0.25, 0.3) is 5.91 Å². The van der Waals surface area contributed by atoms with E-state index in [1.165, 1.54) is 6.20 Å². The Morgan fingerprint density at radius 3 is 2.88 bits per heavy atom. The SMILES string of the molecule is Cc1cc(NC(=O)c2nonc2N)cnc1Br. The molecule has 0 atom stereocenters. The maximum Gasteiger partial charge on any atom is 0.281 e. The molecule has 88 valence electrons. The predicted molar refractivity (Wildman–Crippen MR) is 63.3 cm³/mol. The maximum atomic E-state index is 11.7. The minimum absolute atomic E-state index is 0.0504. The molecule has 0 aromatic carbocycles. The number of nitrogens with two attached hydrogens (primary N) is 1. The number of aryl methyl sites for hydroxylation is 1. The number of amides is 1. The highest BCUT2D eigenvalue weighted by molar-refractivity contribution is 9.10. The van der Waals surface area contributed by atoms with Crippen LogP contribution in [0.2, 0.25) is 0 Å². The fourth-order valence-electron chi connectivity index (χ4n) is 1.17. The molecule has 0 saturated carbocycles. The summed E-state index contributed by atoms with van der Waals surface area (Å²) >= 11 is 3.26. The van der Waals surface area contributed by atoms with Crippen LogP contribution in [0.3, 0.4) is 0 Å². The van der Waals surface area contributed by atoms with E-state index in [4.69, 9.17) is 5.73 Å². The number of aromatic nitrogens is 3. The Bertz CT molecular complexity index is 568. The fourth-order valence-corrected chi connectivity index (χ4v) is 1.39. The van der Waals surface area contributed by atoms with Gasteiger partial charge in [0.2, 0.25) is 11.5 Å². The second-order valence-corrected chi connectivity index (χ2v) is 4.04. The smallest absolute Gasteiger partial charge is 0.281 e. The van der Waals surface area contributed by atoms with Crippen LogP contribution in [0, 0.1) is 6.92 Å². The minimum Gasteiger partial charge on any atom is -0.379 e. The van der Waals surface area contributed by atoms with Crippen molar-refractivity contribution in [2.75, 3.05) is 11.1 Å². The quantitative estimate of drug-likeness (QED) is 0.811. The lowest BCUT2D eigenvalue weighted by Crippen LogP contribution is -2.14. The first kappa shape index (κ1) is 11.5. The van der Waals surface area contributed by atoms with Gasteiger partial charge in [0.1, 0.15) is 4.60 Å². The van der Waals surface area contributed by atoms with Crippen LogP contribution in [-0.4, -0.2) is 21.2 Å². The predicted octanol–water partition coefficient (Wildman–Crippen LogP) is 1.37. The molecule has 0 aliphatic heterocycles. The molecule has 0 aliphatic carbocycles. The number of hydrogen-bond donors (Lipinski definition) is 2. The molecule has 2 heterocycles. The van der Waals surface area contributed by atoms with Crippen LogP contribution in [0.5, 0.6) is 0 Å². The Morgan fingerprint density at radius 2 is 2.29 bits per heavy atom. The van der Waals surface area contributed by atoms with Gasteiger partial charge >= 0.3 is 0 Å². The van der Waals surface area contributed by atoms with E-state index < -0.39 is 5.91 Å². The van der Waals surface area contributed by atoms with Crippen molar-refractivity contribution in [2.45, 2.75) is 6.92 Å². The molecule has 2 aromatic rings. The topological polar surface area (TPSA) is 107 Å². The molecule has 0 fully saturated rings. The number of nitrogens with zero attached hydrogens (tertiary/aromatic N) is 3. The number of carbonyl (C=O) groups is 1. The van der Waals surface area contributed by atoms with Gasteiger partial charge in [0.05, 0.1) is 11.9 Å². The molecular weight excluding hydrogens is 290 g/mol. The van der Waals surface area contributed by atoms with Crippen molar-refractivity contribution in [3.05, 3.63) is 28.1 Å². The van der Waals surface area contributed by atoms with Crippen LogP contribution in [0.1, 0.15) is 16.1 Å². The summed E-state index contributed by atoms with van der Waals surface area (Å²) in [6.07, 6.45) is 1.51. The second-order valence-electron chi connectivity index (χ2n) is 3.28. The highest BCUT2D eigenvalue weighted by Gasteiger charge is 2.16. The number of carbonyl (C=O) groups excluding carboxylic acids is 1. The zero-order chi connectivity index (χ0) is 12.4. The molecule has 8 heteroatoms. The van der Waals surface area contributed by atoms with Crippen LogP contribution in [0.25, 0.3) is 0 Å². The van der Waals surface area contributed by atoms with E-state index in [0.717, 1.165) is 10.2 Å². The number of halogens is 1. The summed E-state index contributed by atoms with van der Waals surface area (Å²) in [5.74, 6) is -0.545. The molecule has 0 aliphatic rings. The summed E-state index contributed by atoms with van der Waals surface area (Å²) in [5.41, 5.74) is 6.78. The van der Waals surface area contributed by atoms with Crippen molar-refractivity contribution in [3.63, 3.8) is 0 Å². The Kier molecular flexibility index (Phi) is 3.05. The zero-order valence-electron chi connectivity index (χ0n) is 8.77. The van der Waals surface area contributed by atoms with Gasteiger partial charge < -0.3 is 11.1 Å². The van der Waals surface area contributed by atoms with Gasteiger partial charge in [0, 0.05) is 0 Å². The molecule has 2 rings (SSSR count). The third kappa shape index (κ3) is 2.41. The first-order valence-corrected chi connectivity index (χ1v) is 5.38. The summed E-state index contributed by atoms with van der Waals surface area (Å²) in [6.45, 7) is 1.86. The maximum absolute atomic E-state index is 11.7. The van der Waals surface area contributed by atoms with Gasteiger partial charge in [-0.3, -0.25) is 4.79 Å². The Balaban J connectivity index is 2.19. The van der Waals surface area contributed by atoms with Crippen molar-refractivity contribution in [1.29, 1.82) is 0 Å². The lowest BCUT2D eigenvalue weighted by atomic mass is 10.3. The number of nitrogen functional groups attached to an aromatic ring is 1. The number of anilines is 2. The van der Waals surface area contributed by atoms with Crippen LogP contribution in [0.15, 0.2) is 21.5 Å². The lowest BCUT2D eigenvalue weighted by molar-refractivity contribution is 0.101. The van der Waals surface area contributed by atoms with Crippen LogP contribution >= 0.6 is 15.9 Å². The number of rotatable bonds is 2. The number of nitrogens with one attached hydrogen (secondary N) is 1. The molecule has 0 bridgehead atoms. The summed E-state index contributed by atoms with van der Waals surface area (Å²) in [6, 6.07) is 1.76. The van der Waals surface area contributed by atoms with Crippen LogP contribution < -0.4 is 11.1 Å². The number of hydrogen-bond acceptors (Lipinski definition) is 6. The molecular formula is C9H8BrN5O2. The molecule has 2 aromatic heterocycles. The molecule has 0 unspecified atom stereocenters. The van der Waals surface area contributed by atoms with Gasteiger partial charge in [0.15, 0.2) is 0 Å². The van der Waals surface area contributed by atoms with Gasteiger partial charge in [-0.25, -0.2) is 9.61 Å². The van der Waals surface area contributed by atoms with E-state index in [0.29, 0.717) is 5.69 Å². The molecule has 0 saturated heterocycles. The van der Waals surface area contributed by atoms with E-state index in [1.807, 2.05) is 6.92 Å². The standard InChI is InChI=1S/C9H8BrN5O2/c1-4-2-5(3-12-7(4)10)13-9(16)6-8(11)15-17-14-6/h2-3H,1H3,(H2,11,15)(H,13,16). The first-order chi connectivity index (χ1) is 8.08. The third-order valence-electron chi connectivity index (χ3n) is 2.00. The van der Waals surface area contributed by atoms with Crippen LogP contribution in [-0.2, 0) is 0 Å². The largest absolute Gasteiger partial charge is 0.379 e. The van der Waals surface area contributed by atoms with Crippen molar-refractivity contribution in [3.8, 4) is 0 Å². The van der Waals surface area contributed by atoms with Crippen molar-refractivity contribution < 1.29 is 9.42 Å². The summed E-state index contributed by atoms with van der Waals surface area (Å²) < 4.78 is 5.06. The van der Waals surface area contributed by atoms with Crippen LogP contribution in [0.4, 0.5) is 11.5 Å². The van der Waals surface area contributed by atoms with Gasteiger partial charge in [-0.2, -0.15) is 0 Å². The average molecular weight is 298 g/mol. The Morgan fingerprint density at radius 1 is 1.53 bits per heavy atom. The Labute approximate surface area is 104 Å². The van der Waals surface area contributed by atoms with Crippen molar-refractivity contribution in [1.82, 2.24) is 15.3 Å². The van der Waals surface area contributed by atoms with Crippen molar-refractivity contribution >= 4 is 33.3 Å². The number of pyridine rings is 1. The van der Waals surface area contributed by atoms with E-state index in [-0.39, 0.29) is 11.5 Å². The van der Waals surface area contributed by atoms with E-state index >= 15 is 0 Å². The molecule has 0 spiro atoms. The van der Waals surface area contributed by atoms with E-state index in [2.05, 4.69) is 41.2 Å². The van der Waals surface area contributed by atoms with Crippen molar-refractivity contribution in [2.24, 2.45) is 0 Å². The highest BCUT2D eigenvalue weighted by Crippen LogP contribution is 2.17. The molecule has 0 radical (unpaired) electrons. The molecule has 3 N–H and O–H groups in total. The highest BCUT2D eigenvalue weighted by atomic mass is 79.9. The monoisotopic (exact) mass is 297 g/mol. The average Bonchev–Trinajstić information content (AvgIpc) is 2.70. The van der Waals surface area contributed by atoms with Gasteiger partial charge in [-0.15, -0.1) is 0 Å². The molecule has 17 heavy (non-hydrogen) atoms. The Hall–Kier alpha value is -1.96. The molecule has 7 nitrogen and oxygen atoms in total. The minimum atomic E-state index is -0.493.